The van der Waals surface area contributed by atoms with Crippen molar-refractivity contribution in [2.45, 2.75) is 52.1 Å². The Morgan fingerprint density at radius 2 is 1.42 bits per heavy atom. The van der Waals surface area contributed by atoms with Crippen LogP contribution in [-0.2, 0) is 29.0 Å². The van der Waals surface area contributed by atoms with Crippen LogP contribution in [0, 0.1) is 6.92 Å². The van der Waals surface area contributed by atoms with Crippen LogP contribution in [0.5, 0.6) is 0 Å². The lowest BCUT2D eigenvalue weighted by Crippen LogP contribution is -2.51. The number of nitrogens with one attached hydrogen (secondary N) is 1. The molecule has 0 aliphatic heterocycles. The van der Waals surface area contributed by atoms with Gasteiger partial charge in [0.1, 0.15) is 6.04 Å². The zero-order valence-corrected chi connectivity index (χ0v) is 19.7. The molecule has 0 spiro atoms. The smallest absolute Gasteiger partial charge is 0.243 e. The third kappa shape index (κ3) is 7.60. The molecule has 0 saturated carbocycles. The molecular weight excluding hydrogens is 408 g/mol. The summed E-state index contributed by atoms with van der Waals surface area (Å²) in [7, 11) is 0. The van der Waals surface area contributed by atoms with E-state index in [4.69, 9.17) is 0 Å². The number of rotatable bonds is 11. The lowest BCUT2D eigenvalue weighted by molar-refractivity contribution is -0.140. The van der Waals surface area contributed by atoms with E-state index in [9.17, 15) is 9.59 Å². The average Bonchev–Trinajstić information content (AvgIpc) is 2.84. The maximum atomic E-state index is 13.6. The quantitative estimate of drug-likeness (QED) is 0.420. The van der Waals surface area contributed by atoms with Crippen molar-refractivity contribution in [1.29, 1.82) is 0 Å². The molecule has 1 unspecified atom stereocenters. The Labute approximate surface area is 197 Å². The first-order chi connectivity index (χ1) is 16.1. The molecule has 2 amide bonds. The minimum atomic E-state index is -0.581. The summed E-state index contributed by atoms with van der Waals surface area (Å²) in [5, 5.41) is 3.06. The summed E-state index contributed by atoms with van der Waals surface area (Å²) in [4.78, 5) is 28.7. The van der Waals surface area contributed by atoms with Crippen molar-refractivity contribution in [3.63, 3.8) is 0 Å². The van der Waals surface area contributed by atoms with Crippen LogP contribution in [-0.4, -0.2) is 29.3 Å². The van der Waals surface area contributed by atoms with E-state index in [-0.39, 0.29) is 18.2 Å². The number of hydrogen-bond acceptors (Lipinski definition) is 2. The van der Waals surface area contributed by atoms with E-state index in [2.05, 4.69) is 12.2 Å². The molecule has 4 nitrogen and oxygen atoms in total. The maximum Gasteiger partial charge on any atom is 0.243 e. The van der Waals surface area contributed by atoms with Gasteiger partial charge in [0, 0.05) is 19.5 Å². The molecule has 1 N–H and O–H groups in total. The summed E-state index contributed by atoms with van der Waals surface area (Å²) in [5.74, 6) is -0.144. The monoisotopic (exact) mass is 442 g/mol. The minimum Gasteiger partial charge on any atom is -0.354 e. The van der Waals surface area contributed by atoms with Gasteiger partial charge in [-0.1, -0.05) is 104 Å². The van der Waals surface area contributed by atoms with Gasteiger partial charge in [0.25, 0.3) is 0 Å². The average molecular weight is 443 g/mol. The number of carbonyl (C=O) groups excluding carboxylic acids is 2. The van der Waals surface area contributed by atoms with Gasteiger partial charge in [-0.05, 0) is 30.0 Å². The zero-order chi connectivity index (χ0) is 23.5. The second kappa shape index (κ2) is 12.6. The van der Waals surface area contributed by atoms with Crippen molar-refractivity contribution in [1.82, 2.24) is 10.2 Å². The van der Waals surface area contributed by atoms with Gasteiger partial charge in [-0.15, -0.1) is 0 Å². The van der Waals surface area contributed by atoms with Crippen LogP contribution in [0.2, 0.25) is 0 Å². The Kier molecular flexibility index (Phi) is 9.25. The molecule has 172 valence electrons. The second-order valence-corrected chi connectivity index (χ2v) is 8.52. The van der Waals surface area contributed by atoms with Crippen molar-refractivity contribution in [2.75, 3.05) is 6.54 Å². The molecule has 0 fully saturated rings. The highest BCUT2D eigenvalue weighted by Crippen LogP contribution is 2.17. The fourth-order valence-corrected chi connectivity index (χ4v) is 3.82. The van der Waals surface area contributed by atoms with Gasteiger partial charge in [0.2, 0.25) is 11.8 Å². The minimum absolute atomic E-state index is 0.0470. The predicted molar refractivity (Wildman–Crippen MR) is 134 cm³/mol. The summed E-state index contributed by atoms with van der Waals surface area (Å²) in [6, 6.07) is 27.2. The molecule has 0 bridgehead atoms. The van der Waals surface area contributed by atoms with E-state index in [1.54, 1.807) is 4.90 Å². The van der Waals surface area contributed by atoms with E-state index in [0.717, 1.165) is 35.1 Å². The van der Waals surface area contributed by atoms with Gasteiger partial charge in [-0.25, -0.2) is 0 Å². The van der Waals surface area contributed by atoms with E-state index in [1.165, 1.54) is 0 Å². The van der Waals surface area contributed by atoms with E-state index >= 15 is 0 Å². The predicted octanol–water partition coefficient (Wildman–Crippen LogP) is 5.09. The Morgan fingerprint density at radius 3 is 2.03 bits per heavy atom. The Balaban J connectivity index is 1.90. The first-order valence-corrected chi connectivity index (χ1v) is 11.8. The lowest BCUT2D eigenvalue weighted by Gasteiger charge is -2.31. The number of nitrogens with zero attached hydrogens (tertiary/aromatic N) is 1. The highest BCUT2D eigenvalue weighted by Gasteiger charge is 2.30. The van der Waals surface area contributed by atoms with Crippen LogP contribution in [0.3, 0.4) is 0 Å². The number of carbonyl (C=O) groups is 2. The topological polar surface area (TPSA) is 49.4 Å². The van der Waals surface area contributed by atoms with Crippen molar-refractivity contribution in [3.05, 3.63) is 107 Å². The molecule has 0 aliphatic carbocycles. The SMILES string of the molecule is CCCCNC(=O)C(Cc1ccccc1)N(Cc1ccccc1)C(=O)Cc1ccc(C)cc1. The summed E-state index contributed by atoms with van der Waals surface area (Å²) >= 11 is 0. The summed E-state index contributed by atoms with van der Waals surface area (Å²) in [5.41, 5.74) is 4.15. The van der Waals surface area contributed by atoms with Gasteiger partial charge in [0.05, 0.1) is 6.42 Å². The molecule has 0 aliphatic rings. The molecule has 0 heterocycles. The molecule has 0 saturated heterocycles. The van der Waals surface area contributed by atoms with Crippen molar-refractivity contribution >= 4 is 11.8 Å². The fraction of sp³-hybridized carbons (Fsp3) is 0.310. The van der Waals surface area contributed by atoms with Crippen molar-refractivity contribution in [2.24, 2.45) is 0 Å². The summed E-state index contributed by atoms with van der Waals surface area (Å²) in [6.07, 6.45) is 2.66. The number of benzene rings is 3. The fourth-order valence-electron chi connectivity index (χ4n) is 3.82. The third-order valence-corrected chi connectivity index (χ3v) is 5.77. The maximum absolute atomic E-state index is 13.6. The van der Waals surface area contributed by atoms with Crippen LogP contribution in [0.25, 0.3) is 0 Å². The van der Waals surface area contributed by atoms with Crippen LogP contribution >= 0.6 is 0 Å². The van der Waals surface area contributed by atoms with Gasteiger partial charge in [-0.2, -0.15) is 0 Å². The van der Waals surface area contributed by atoms with E-state index < -0.39 is 6.04 Å². The molecule has 4 heteroatoms. The first kappa shape index (κ1) is 24.2. The number of hydrogen-bond donors (Lipinski definition) is 1. The van der Waals surface area contributed by atoms with Crippen LogP contribution < -0.4 is 5.32 Å². The van der Waals surface area contributed by atoms with Crippen molar-refractivity contribution < 1.29 is 9.59 Å². The number of unbranched alkanes of at least 4 members (excludes halogenated alkanes) is 1. The molecule has 0 radical (unpaired) electrons. The lowest BCUT2D eigenvalue weighted by atomic mass is 10.0. The van der Waals surface area contributed by atoms with Crippen molar-refractivity contribution in [3.8, 4) is 0 Å². The number of amides is 2. The summed E-state index contributed by atoms with van der Waals surface area (Å²) < 4.78 is 0. The Hall–Kier alpha value is -3.40. The third-order valence-electron chi connectivity index (χ3n) is 5.77. The second-order valence-electron chi connectivity index (χ2n) is 8.52. The van der Waals surface area contributed by atoms with E-state index in [1.807, 2.05) is 91.9 Å². The Morgan fingerprint density at radius 1 is 0.818 bits per heavy atom. The molecule has 3 aromatic rings. The molecule has 33 heavy (non-hydrogen) atoms. The molecule has 3 aromatic carbocycles. The zero-order valence-electron chi connectivity index (χ0n) is 19.7. The molecule has 3 rings (SSSR count). The molecule has 0 aromatic heterocycles. The van der Waals surface area contributed by atoms with Crippen LogP contribution in [0.4, 0.5) is 0 Å². The van der Waals surface area contributed by atoms with Gasteiger partial charge in [0.15, 0.2) is 0 Å². The van der Waals surface area contributed by atoms with Crippen LogP contribution in [0.1, 0.15) is 42.0 Å². The largest absolute Gasteiger partial charge is 0.354 e. The standard InChI is InChI=1S/C29H34N2O2/c1-3-4-19-30-29(33)27(20-24-11-7-5-8-12-24)31(22-26-13-9-6-10-14-26)28(32)21-25-17-15-23(2)16-18-25/h5-18,27H,3-4,19-22H2,1-2H3,(H,30,33). The highest BCUT2D eigenvalue weighted by molar-refractivity contribution is 5.88. The molecular formula is C29H34N2O2. The number of aryl methyl sites for hydroxylation is 1. The van der Waals surface area contributed by atoms with Gasteiger partial charge < -0.3 is 10.2 Å². The van der Waals surface area contributed by atoms with Gasteiger partial charge in [-0.3, -0.25) is 9.59 Å². The summed E-state index contributed by atoms with van der Waals surface area (Å²) in [6.45, 7) is 5.14. The Bertz CT molecular complexity index is 1000. The van der Waals surface area contributed by atoms with Gasteiger partial charge >= 0.3 is 0 Å². The first-order valence-electron chi connectivity index (χ1n) is 11.8. The normalized spacial score (nSPS) is 11.6. The van der Waals surface area contributed by atoms with E-state index in [0.29, 0.717) is 19.5 Å². The molecule has 1 atom stereocenters. The van der Waals surface area contributed by atoms with Crippen LogP contribution in [0.15, 0.2) is 84.9 Å². The highest BCUT2D eigenvalue weighted by atomic mass is 16.2.